The van der Waals surface area contributed by atoms with Crippen molar-refractivity contribution in [3.05, 3.63) is 29.3 Å². The Bertz CT molecular complexity index is 634. The first kappa shape index (κ1) is 16.0. The van der Waals surface area contributed by atoms with Crippen molar-refractivity contribution in [1.82, 2.24) is 0 Å². The number of thiazole rings is 1. The number of benzene rings is 1. The van der Waals surface area contributed by atoms with Crippen molar-refractivity contribution in [2.45, 2.75) is 27.3 Å². The smallest absolute Gasteiger partial charge is 0.235 e. The minimum absolute atomic E-state index is 0.0914. The Kier molecular flexibility index (Phi) is 5.86. The SMILES string of the molecule is CCOS(=O)(=O)[O-].CC[n+]1c(C)sc2ccccc21. The van der Waals surface area contributed by atoms with Gasteiger partial charge in [-0.2, -0.15) is 4.57 Å². The van der Waals surface area contributed by atoms with Crippen LogP contribution in [0.2, 0.25) is 0 Å². The Labute approximate surface area is 117 Å². The van der Waals surface area contributed by atoms with Crippen LogP contribution in [0.5, 0.6) is 0 Å². The number of aromatic nitrogens is 1. The third-order valence-corrected chi connectivity index (χ3v) is 3.98. The Morgan fingerprint density at radius 1 is 1.32 bits per heavy atom. The van der Waals surface area contributed by atoms with Gasteiger partial charge >= 0.3 is 0 Å². The van der Waals surface area contributed by atoms with E-state index in [1.54, 1.807) is 0 Å². The number of rotatable bonds is 3. The number of para-hydroxylation sites is 1. The molecule has 1 aromatic carbocycles. The predicted octanol–water partition coefficient (Wildman–Crippen LogP) is 2.00. The molecular formula is C12H17NO4S2. The minimum Gasteiger partial charge on any atom is -0.726 e. The van der Waals surface area contributed by atoms with Crippen molar-refractivity contribution in [2.24, 2.45) is 0 Å². The highest BCUT2D eigenvalue weighted by Gasteiger charge is 2.13. The molecular weight excluding hydrogens is 286 g/mol. The first-order valence-electron chi connectivity index (χ1n) is 5.87. The summed E-state index contributed by atoms with van der Waals surface area (Å²) in [6.07, 6.45) is 0. The zero-order chi connectivity index (χ0) is 14.5. The van der Waals surface area contributed by atoms with Crippen LogP contribution in [0.3, 0.4) is 0 Å². The molecule has 0 aliphatic rings. The topological polar surface area (TPSA) is 70.3 Å². The monoisotopic (exact) mass is 303 g/mol. The first-order chi connectivity index (χ1) is 8.89. The normalized spacial score (nSPS) is 11.2. The van der Waals surface area contributed by atoms with Gasteiger partial charge in [0, 0.05) is 13.0 Å². The molecule has 2 aromatic rings. The lowest BCUT2D eigenvalue weighted by atomic mass is 10.3. The van der Waals surface area contributed by atoms with Crippen molar-refractivity contribution >= 4 is 32.0 Å². The van der Waals surface area contributed by atoms with Gasteiger partial charge in [-0.25, -0.2) is 8.42 Å². The number of nitrogens with zero attached hydrogens (tertiary/aromatic N) is 1. The molecule has 0 N–H and O–H groups in total. The lowest BCUT2D eigenvalue weighted by molar-refractivity contribution is -0.669. The summed E-state index contributed by atoms with van der Waals surface area (Å²) in [4.78, 5) is 0. The second-order valence-corrected chi connectivity index (χ2v) is 5.93. The Morgan fingerprint density at radius 3 is 2.42 bits per heavy atom. The first-order valence-corrected chi connectivity index (χ1v) is 8.02. The predicted molar refractivity (Wildman–Crippen MR) is 73.8 cm³/mol. The maximum atomic E-state index is 9.45. The van der Waals surface area contributed by atoms with Gasteiger partial charge in [0.1, 0.15) is 11.2 Å². The summed E-state index contributed by atoms with van der Waals surface area (Å²) in [5, 5.41) is 1.39. The molecule has 0 saturated carbocycles. The van der Waals surface area contributed by atoms with E-state index in [0.717, 1.165) is 6.54 Å². The molecule has 2 rings (SSSR count). The second kappa shape index (κ2) is 6.95. The molecule has 0 aliphatic heterocycles. The lowest BCUT2D eigenvalue weighted by Gasteiger charge is -2.02. The molecule has 0 fully saturated rings. The zero-order valence-corrected chi connectivity index (χ0v) is 12.8. The van der Waals surface area contributed by atoms with Crippen LogP contribution in [-0.2, 0) is 21.1 Å². The summed E-state index contributed by atoms with van der Waals surface area (Å²) in [5.41, 5.74) is 1.36. The number of hydrogen-bond donors (Lipinski definition) is 0. The summed E-state index contributed by atoms with van der Waals surface area (Å²) in [7, 11) is -4.42. The van der Waals surface area contributed by atoms with Gasteiger partial charge in [-0.1, -0.05) is 23.5 Å². The molecule has 0 amide bonds. The van der Waals surface area contributed by atoms with E-state index in [4.69, 9.17) is 0 Å². The van der Waals surface area contributed by atoms with E-state index >= 15 is 0 Å². The number of fused-ring (bicyclic) bond motifs is 1. The summed E-state index contributed by atoms with van der Waals surface area (Å²) >= 11 is 1.87. The summed E-state index contributed by atoms with van der Waals surface area (Å²) < 4.78 is 35.7. The van der Waals surface area contributed by atoms with Crippen LogP contribution < -0.4 is 4.57 Å². The second-order valence-electron chi connectivity index (χ2n) is 3.65. The highest BCUT2D eigenvalue weighted by atomic mass is 32.3. The fourth-order valence-electron chi connectivity index (χ4n) is 1.69. The van der Waals surface area contributed by atoms with Crippen LogP contribution in [0.1, 0.15) is 18.9 Å². The average Bonchev–Trinajstić information content (AvgIpc) is 2.63. The fourth-order valence-corrected chi connectivity index (χ4v) is 3.06. The maximum Gasteiger partial charge on any atom is 0.235 e. The van der Waals surface area contributed by atoms with Gasteiger partial charge in [0.25, 0.3) is 0 Å². The van der Waals surface area contributed by atoms with Crippen molar-refractivity contribution in [3.8, 4) is 0 Å². The summed E-state index contributed by atoms with van der Waals surface area (Å²) in [5.74, 6) is 0. The molecule has 0 radical (unpaired) electrons. The van der Waals surface area contributed by atoms with Crippen LogP contribution in [0.25, 0.3) is 10.2 Å². The van der Waals surface area contributed by atoms with E-state index in [1.807, 2.05) is 11.3 Å². The van der Waals surface area contributed by atoms with Crippen LogP contribution in [-0.4, -0.2) is 19.6 Å². The Hall–Kier alpha value is -1.02. The molecule has 0 bridgehead atoms. The highest BCUT2D eigenvalue weighted by molar-refractivity contribution is 7.80. The zero-order valence-electron chi connectivity index (χ0n) is 11.1. The van der Waals surface area contributed by atoms with E-state index in [-0.39, 0.29) is 6.61 Å². The molecule has 0 atom stereocenters. The third kappa shape index (κ3) is 4.87. The van der Waals surface area contributed by atoms with E-state index < -0.39 is 10.4 Å². The molecule has 5 nitrogen and oxygen atoms in total. The molecule has 106 valence electrons. The van der Waals surface area contributed by atoms with Crippen LogP contribution in [0, 0.1) is 6.92 Å². The molecule has 0 spiro atoms. The van der Waals surface area contributed by atoms with Crippen molar-refractivity contribution in [1.29, 1.82) is 0 Å². The highest BCUT2D eigenvalue weighted by Crippen LogP contribution is 2.18. The van der Waals surface area contributed by atoms with Crippen LogP contribution in [0.15, 0.2) is 24.3 Å². The molecule has 0 aliphatic carbocycles. The van der Waals surface area contributed by atoms with Gasteiger partial charge in [0.15, 0.2) is 0 Å². The third-order valence-electron chi connectivity index (χ3n) is 2.37. The van der Waals surface area contributed by atoms with Crippen molar-refractivity contribution < 1.29 is 21.7 Å². The molecule has 1 heterocycles. The Morgan fingerprint density at radius 2 is 1.95 bits per heavy atom. The van der Waals surface area contributed by atoms with Gasteiger partial charge in [0.2, 0.25) is 20.9 Å². The van der Waals surface area contributed by atoms with Crippen LogP contribution in [0.4, 0.5) is 0 Å². The quantitative estimate of drug-likeness (QED) is 0.494. The Balaban J connectivity index is 0.000000224. The maximum absolute atomic E-state index is 9.45. The standard InChI is InChI=1S/C10H12NS.C2H6O4S/c1-3-11-8(2)12-10-7-5-4-6-9(10)11;1-2-6-7(3,4)5/h4-7H,3H2,1-2H3;2H2,1H3,(H,3,4,5)/q+1;/p-1. The average molecular weight is 303 g/mol. The molecule has 0 saturated heterocycles. The van der Waals surface area contributed by atoms with E-state index in [9.17, 15) is 13.0 Å². The molecule has 7 heteroatoms. The molecule has 19 heavy (non-hydrogen) atoms. The van der Waals surface area contributed by atoms with E-state index in [1.165, 1.54) is 22.1 Å². The minimum atomic E-state index is -4.42. The van der Waals surface area contributed by atoms with Crippen LogP contribution >= 0.6 is 11.3 Å². The van der Waals surface area contributed by atoms with E-state index in [0.29, 0.717) is 0 Å². The van der Waals surface area contributed by atoms with Gasteiger partial charge < -0.3 is 4.55 Å². The van der Waals surface area contributed by atoms with Gasteiger partial charge in [-0.15, -0.1) is 0 Å². The summed E-state index contributed by atoms with van der Waals surface area (Å²) in [6.45, 7) is 6.76. The van der Waals surface area contributed by atoms with Gasteiger partial charge in [0.05, 0.1) is 6.61 Å². The molecule has 0 unspecified atom stereocenters. The largest absolute Gasteiger partial charge is 0.726 e. The lowest BCUT2D eigenvalue weighted by Crippen LogP contribution is -2.33. The number of aryl methyl sites for hydroxylation is 2. The summed E-state index contributed by atoms with van der Waals surface area (Å²) in [6, 6.07) is 8.56. The molecule has 1 aromatic heterocycles. The van der Waals surface area contributed by atoms with E-state index in [2.05, 4.69) is 46.9 Å². The van der Waals surface area contributed by atoms with Gasteiger partial charge in [-0.05, 0) is 19.9 Å². The van der Waals surface area contributed by atoms with Crippen molar-refractivity contribution in [3.63, 3.8) is 0 Å². The van der Waals surface area contributed by atoms with Crippen molar-refractivity contribution in [2.75, 3.05) is 6.61 Å². The fraction of sp³-hybridized carbons (Fsp3) is 0.417. The van der Waals surface area contributed by atoms with Gasteiger partial charge in [-0.3, -0.25) is 4.18 Å². The number of hydrogen-bond acceptors (Lipinski definition) is 5.